The fraction of sp³-hybridized carbons (Fsp3) is 0.526. The fourth-order valence-corrected chi connectivity index (χ4v) is 4.26. The molecule has 8 nitrogen and oxygen atoms in total. The Balaban J connectivity index is 1.38. The molecular formula is C19H24N6O2. The molecular weight excluding hydrogens is 344 g/mol. The minimum absolute atomic E-state index is 0.0482. The molecule has 1 saturated carbocycles. The first kappa shape index (κ1) is 17.6. The molecule has 2 aromatic rings. The first-order chi connectivity index (χ1) is 13.1. The zero-order valence-corrected chi connectivity index (χ0v) is 15.3. The van der Waals surface area contributed by atoms with E-state index in [-0.39, 0.29) is 12.5 Å². The molecule has 0 unspecified atom stereocenters. The number of nitrogens with zero attached hydrogens (tertiary/aromatic N) is 5. The number of carbonyl (C=O) groups excluding carboxylic acids is 2. The van der Waals surface area contributed by atoms with Gasteiger partial charge in [0.2, 0.25) is 17.6 Å². The van der Waals surface area contributed by atoms with Gasteiger partial charge in [0, 0.05) is 24.2 Å². The smallest absolute Gasteiger partial charge is 0.248 e. The van der Waals surface area contributed by atoms with Gasteiger partial charge < -0.3 is 10.6 Å². The van der Waals surface area contributed by atoms with Crippen molar-refractivity contribution in [1.29, 1.82) is 0 Å². The zero-order chi connectivity index (χ0) is 18.8. The van der Waals surface area contributed by atoms with Gasteiger partial charge in [-0.2, -0.15) is 4.80 Å². The number of amides is 2. The maximum atomic E-state index is 12.7. The molecule has 2 fully saturated rings. The molecule has 1 saturated heterocycles. The monoisotopic (exact) mass is 368 g/mol. The molecule has 8 heteroatoms. The standard InChI is InChI=1S/C19H24N6O2/c20-18(27)14-5-7-15(8-6-14)19-21-23-25(22-19)12-17(26)24-10-9-13-3-1-2-4-16(13)11-24/h5-8,13,16H,1-4,9-12H2,(H2,20,27)/t13-,16-/m1/s1. The molecule has 1 aliphatic heterocycles. The quantitative estimate of drug-likeness (QED) is 0.879. The number of aromatic nitrogens is 4. The van der Waals surface area contributed by atoms with Crippen LogP contribution in [0.3, 0.4) is 0 Å². The summed E-state index contributed by atoms with van der Waals surface area (Å²) in [5.41, 5.74) is 6.39. The Labute approximate surface area is 157 Å². The van der Waals surface area contributed by atoms with E-state index in [2.05, 4.69) is 15.4 Å². The van der Waals surface area contributed by atoms with Gasteiger partial charge in [0.1, 0.15) is 6.54 Å². The van der Waals surface area contributed by atoms with Gasteiger partial charge in [-0.15, -0.1) is 10.2 Å². The van der Waals surface area contributed by atoms with Crippen LogP contribution in [0.15, 0.2) is 24.3 Å². The van der Waals surface area contributed by atoms with Crippen LogP contribution in [-0.2, 0) is 11.3 Å². The molecule has 0 bridgehead atoms. The second kappa shape index (κ2) is 7.46. The Morgan fingerprint density at radius 3 is 2.56 bits per heavy atom. The summed E-state index contributed by atoms with van der Waals surface area (Å²) in [6.45, 7) is 1.79. The fourth-order valence-electron chi connectivity index (χ4n) is 4.26. The molecule has 2 atom stereocenters. The van der Waals surface area contributed by atoms with E-state index >= 15 is 0 Å². The Hall–Kier alpha value is -2.77. The second-order valence-electron chi connectivity index (χ2n) is 7.52. The van der Waals surface area contributed by atoms with Crippen LogP contribution in [0.4, 0.5) is 0 Å². The summed E-state index contributed by atoms with van der Waals surface area (Å²) in [6, 6.07) is 6.68. The van der Waals surface area contributed by atoms with E-state index < -0.39 is 5.91 Å². The summed E-state index contributed by atoms with van der Waals surface area (Å²) in [4.78, 5) is 27.1. The van der Waals surface area contributed by atoms with E-state index in [1.54, 1.807) is 24.3 Å². The Bertz CT molecular complexity index is 831. The van der Waals surface area contributed by atoms with Crippen molar-refractivity contribution in [3.63, 3.8) is 0 Å². The number of likely N-dealkylation sites (tertiary alicyclic amines) is 1. The van der Waals surface area contributed by atoms with Crippen molar-refractivity contribution in [1.82, 2.24) is 25.1 Å². The summed E-state index contributed by atoms with van der Waals surface area (Å²) in [7, 11) is 0. The number of hydrogen-bond donors (Lipinski definition) is 1. The molecule has 142 valence electrons. The molecule has 27 heavy (non-hydrogen) atoms. The van der Waals surface area contributed by atoms with Crippen LogP contribution in [0.2, 0.25) is 0 Å². The van der Waals surface area contributed by atoms with E-state index in [0.717, 1.165) is 31.0 Å². The lowest BCUT2D eigenvalue weighted by Crippen LogP contribution is -2.46. The maximum absolute atomic E-state index is 12.7. The predicted molar refractivity (Wildman–Crippen MR) is 98.4 cm³/mol. The molecule has 2 aliphatic rings. The number of benzene rings is 1. The van der Waals surface area contributed by atoms with Gasteiger partial charge in [-0.05, 0) is 42.0 Å². The number of nitrogens with two attached hydrogens (primary N) is 1. The van der Waals surface area contributed by atoms with Crippen molar-refractivity contribution >= 4 is 11.8 Å². The van der Waals surface area contributed by atoms with E-state index in [1.165, 1.54) is 30.5 Å². The van der Waals surface area contributed by atoms with Gasteiger partial charge in [0.05, 0.1) is 0 Å². The minimum atomic E-state index is -0.481. The lowest BCUT2D eigenvalue weighted by atomic mass is 9.75. The van der Waals surface area contributed by atoms with Gasteiger partial charge in [-0.1, -0.05) is 31.4 Å². The Morgan fingerprint density at radius 1 is 1.07 bits per heavy atom. The first-order valence-electron chi connectivity index (χ1n) is 9.56. The van der Waals surface area contributed by atoms with Crippen molar-refractivity contribution in [2.45, 2.75) is 38.6 Å². The largest absolute Gasteiger partial charge is 0.366 e. The highest BCUT2D eigenvalue weighted by atomic mass is 16.2. The number of tetrazole rings is 1. The van der Waals surface area contributed by atoms with Gasteiger partial charge in [0.25, 0.3) is 0 Å². The molecule has 2 heterocycles. The Kier molecular flexibility index (Phi) is 4.87. The average molecular weight is 368 g/mol. The van der Waals surface area contributed by atoms with Crippen molar-refractivity contribution in [3.05, 3.63) is 29.8 Å². The van der Waals surface area contributed by atoms with Crippen molar-refractivity contribution < 1.29 is 9.59 Å². The molecule has 0 radical (unpaired) electrons. The molecule has 0 spiro atoms. The van der Waals surface area contributed by atoms with Crippen LogP contribution in [0.1, 0.15) is 42.5 Å². The van der Waals surface area contributed by atoms with E-state index in [4.69, 9.17) is 5.73 Å². The normalized spacial score (nSPS) is 22.3. The summed E-state index contributed by atoms with van der Waals surface area (Å²) >= 11 is 0. The number of piperidine rings is 1. The summed E-state index contributed by atoms with van der Waals surface area (Å²) in [5, 5.41) is 12.3. The van der Waals surface area contributed by atoms with Gasteiger partial charge in [-0.25, -0.2) is 0 Å². The number of carbonyl (C=O) groups is 2. The van der Waals surface area contributed by atoms with Gasteiger partial charge >= 0.3 is 0 Å². The third-order valence-electron chi connectivity index (χ3n) is 5.80. The van der Waals surface area contributed by atoms with E-state index in [1.807, 2.05) is 4.90 Å². The molecule has 2 amide bonds. The van der Waals surface area contributed by atoms with Crippen molar-refractivity contribution in [2.75, 3.05) is 13.1 Å². The molecule has 2 N–H and O–H groups in total. The number of hydrogen-bond acceptors (Lipinski definition) is 5. The topological polar surface area (TPSA) is 107 Å². The van der Waals surface area contributed by atoms with Crippen LogP contribution in [0, 0.1) is 11.8 Å². The van der Waals surface area contributed by atoms with Crippen LogP contribution >= 0.6 is 0 Å². The van der Waals surface area contributed by atoms with Crippen molar-refractivity contribution in [3.8, 4) is 11.4 Å². The first-order valence-corrected chi connectivity index (χ1v) is 9.56. The lowest BCUT2D eigenvalue weighted by molar-refractivity contribution is -0.135. The summed E-state index contributed by atoms with van der Waals surface area (Å²) < 4.78 is 0. The van der Waals surface area contributed by atoms with Crippen LogP contribution in [0.5, 0.6) is 0 Å². The minimum Gasteiger partial charge on any atom is -0.366 e. The molecule has 4 rings (SSSR count). The lowest BCUT2D eigenvalue weighted by Gasteiger charge is -2.41. The van der Waals surface area contributed by atoms with E-state index in [0.29, 0.717) is 17.3 Å². The van der Waals surface area contributed by atoms with Crippen LogP contribution in [-0.4, -0.2) is 50.0 Å². The van der Waals surface area contributed by atoms with Crippen molar-refractivity contribution in [2.24, 2.45) is 17.6 Å². The Morgan fingerprint density at radius 2 is 1.81 bits per heavy atom. The zero-order valence-electron chi connectivity index (χ0n) is 15.3. The number of fused-ring (bicyclic) bond motifs is 1. The molecule has 1 aliphatic carbocycles. The number of primary amides is 1. The summed E-state index contributed by atoms with van der Waals surface area (Å²) in [5.74, 6) is 1.43. The summed E-state index contributed by atoms with van der Waals surface area (Å²) in [6.07, 6.45) is 6.28. The number of rotatable bonds is 4. The average Bonchev–Trinajstić information content (AvgIpc) is 3.16. The molecule has 1 aromatic carbocycles. The highest BCUT2D eigenvalue weighted by Gasteiger charge is 2.33. The second-order valence-corrected chi connectivity index (χ2v) is 7.52. The van der Waals surface area contributed by atoms with Crippen LogP contribution < -0.4 is 5.73 Å². The third kappa shape index (κ3) is 3.84. The third-order valence-corrected chi connectivity index (χ3v) is 5.80. The predicted octanol–water partition coefficient (Wildman–Crippen LogP) is 1.48. The van der Waals surface area contributed by atoms with Gasteiger partial charge in [0.15, 0.2) is 0 Å². The molecule has 1 aromatic heterocycles. The van der Waals surface area contributed by atoms with Crippen LogP contribution in [0.25, 0.3) is 11.4 Å². The highest BCUT2D eigenvalue weighted by Crippen LogP contribution is 2.36. The van der Waals surface area contributed by atoms with E-state index in [9.17, 15) is 9.59 Å². The highest BCUT2D eigenvalue weighted by molar-refractivity contribution is 5.93. The van der Waals surface area contributed by atoms with Gasteiger partial charge in [-0.3, -0.25) is 9.59 Å². The SMILES string of the molecule is NC(=O)c1ccc(-c2nnn(CC(=O)N3CC[C@H]4CCCC[C@@H]4C3)n2)cc1. The maximum Gasteiger partial charge on any atom is 0.248 e.